The molecule has 1 nitrogen and oxygen atoms in total. The van der Waals surface area contributed by atoms with E-state index in [1.165, 1.54) is 51.4 Å². The number of fused-ring (bicyclic) bond motifs is 1. The molecular formula is C20H26O. The highest BCUT2D eigenvalue weighted by Crippen LogP contribution is 2.31. The zero-order chi connectivity index (χ0) is 14.5. The molecule has 2 aromatic carbocycles. The number of aromatic hydroxyl groups is 1. The van der Waals surface area contributed by atoms with Gasteiger partial charge in [0.25, 0.3) is 0 Å². The Bertz CT molecular complexity index is 581. The second-order valence-electron chi connectivity index (χ2n) is 6.54. The van der Waals surface area contributed by atoms with Crippen molar-refractivity contribution in [1.29, 1.82) is 0 Å². The molecule has 1 saturated carbocycles. The lowest BCUT2D eigenvalue weighted by Crippen LogP contribution is -2.05. The Kier molecular flexibility index (Phi) is 4.80. The lowest BCUT2D eigenvalue weighted by Gasteiger charge is -2.21. The third kappa shape index (κ3) is 3.58. The maximum absolute atomic E-state index is 10.4. The van der Waals surface area contributed by atoms with Gasteiger partial charge in [-0.25, -0.2) is 0 Å². The average molecular weight is 282 g/mol. The SMILES string of the molecule is Oc1c(CCCCC2CCCCC2)ccc2ccccc12. The lowest BCUT2D eigenvalue weighted by molar-refractivity contribution is 0.329. The van der Waals surface area contributed by atoms with Crippen LogP contribution in [0.3, 0.4) is 0 Å². The highest BCUT2D eigenvalue weighted by molar-refractivity contribution is 5.89. The van der Waals surface area contributed by atoms with E-state index in [0.29, 0.717) is 5.75 Å². The average Bonchev–Trinajstić information content (AvgIpc) is 2.55. The van der Waals surface area contributed by atoms with Crippen LogP contribution in [-0.4, -0.2) is 5.11 Å². The molecule has 2 aromatic rings. The minimum atomic E-state index is 0.491. The molecule has 0 unspecified atom stereocenters. The van der Waals surface area contributed by atoms with Gasteiger partial charge in [0, 0.05) is 5.39 Å². The van der Waals surface area contributed by atoms with Crippen molar-refractivity contribution in [2.75, 3.05) is 0 Å². The molecule has 0 saturated heterocycles. The third-order valence-corrected chi connectivity index (χ3v) is 5.02. The molecule has 21 heavy (non-hydrogen) atoms. The molecular weight excluding hydrogens is 256 g/mol. The molecule has 1 aliphatic rings. The molecule has 0 heterocycles. The van der Waals surface area contributed by atoms with E-state index in [-0.39, 0.29) is 0 Å². The summed E-state index contributed by atoms with van der Waals surface area (Å²) in [6.45, 7) is 0. The van der Waals surface area contributed by atoms with Gasteiger partial charge >= 0.3 is 0 Å². The Labute approximate surface area is 128 Å². The number of hydrogen-bond acceptors (Lipinski definition) is 1. The summed E-state index contributed by atoms with van der Waals surface area (Å²) in [7, 11) is 0. The number of rotatable bonds is 5. The van der Waals surface area contributed by atoms with Crippen LogP contribution in [0.25, 0.3) is 10.8 Å². The van der Waals surface area contributed by atoms with Crippen molar-refractivity contribution in [2.24, 2.45) is 5.92 Å². The first kappa shape index (κ1) is 14.4. The van der Waals surface area contributed by atoms with Crippen molar-refractivity contribution in [3.8, 4) is 5.75 Å². The molecule has 0 spiro atoms. The third-order valence-electron chi connectivity index (χ3n) is 5.02. The molecule has 112 valence electrons. The maximum Gasteiger partial charge on any atom is 0.126 e. The Balaban J connectivity index is 1.54. The summed E-state index contributed by atoms with van der Waals surface area (Å²) in [5.74, 6) is 1.47. The second kappa shape index (κ2) is 6.98. The van der Waals surface area contributed by atoms with Gasteiger partial charge in [-0.3, -0.25) is 0 Å². The topological polar surface area (TPSA) is 20.2 Å². The minimum absolute atomic E-state index is 0.491. The molecule has 0 amide bonds. The zero-order valence-corrected chi connectivity index (χ0v) is 12.9. The maximum atomic E-state index is 10.4. The summed E-state index contributed by atoms with van der Waals surface area (Å²) in [5, 5.41) is 12.5. The van der Waals surface area contributed by atoms with Gasteiger partial charge in [-0.05, 0) is 29.7 Å². The predicted octanol–water partition coefficient (Wildman–Crippen LogP) is 5.84. The van der Waals surface area contributed by atoms with Crippen LogP contribution in [-0.2, 0) is 6.42 Å². The first-order valence-electron chi connectivity index (χ1n) is 8.54. The van der Waals surface area contributed by atoms with Gasteiger partial charge in [-0.2, -0.15) is 0 Å². The quantitative estimate of drug-likeness (QED) is 0.683. The highest BCUT2D eigenvalue weighted by Gasteiger charge is 2.13. The smallest absolute Gasteiger partial charge is 0.126 e. The Morgan fingerprint density at radius 1 is 0.905 bits per heavy atom. The van der Waals surface area contributed by atoms with Crippen LogP contribution in [0.5, 0.6) is 5.75 Å². The number of phenolic OH excluding ortho intramolecular Hbond substituents is 1. The van der Waals surface area contributed by atoms with Gasteiger partial charge in [-0.15, -0.1) is 0 Å². The molecule has 1 N–H and O–H groups in total. The summed E-state index contributed by atoms with van der Waals surface area (Å²) in [6.07, 6.45) is 12.1. The Hall–Kier alpha value is -1.50. The molecule has 1 aliphatic carbocycles. The largest absolute Gasteiger partial charge is 0.507 e. The fourth-order valence-corrected chi connectivity index (χ4v) is 3.73. The van der Waals surface area contributed by atoms with E-state index in [1.54, 1.807) is 0 Å². The summed E-state index contributed by atoms with van der Waals surface area (Å²) in [6, 6.07) is 12.3. The van der Waals surface area contributed by atoms with Crippen LogP contribution < -0.4 is 0 Å². The van der Waals surface area contributed by atoms with E-state index in [2.05, 4.69) is 18.2 Å². The van der Waals surface area contributed by atoms with Gasteiger partial charge in [-0.1, -0.05) is 81.3 Å². The molecule has 0 radical (unpaired) electrons. The normalized spacial score (nSPS) is 16.4. The molecule has 0 aromatic heterocycles. The van der Waals surface area contributed by atoms with E-state index < -0.39 is 0 Å². The van der Waals surface area contributed by atoms with Gasteiger partial charge < -0.3 is 5.11 Å². The van der Waals surface area contributed by atoms with Crippen LogP contribution in [0.1, 0.15) is 56.9 Å². The van der Waals surface area contributed by atoms with Gasteiger partial charge in [0.15, 0.2) is 0 Å². The van der Waals surface area contributed by atoms with Gasteiger partial charge in [0.05, 0.1) is 0 Å². The van der Waals surface area contributed by atoms with E-state index in [9.17, 15) is 5.11 Å². The number of benzene rings is 2. The van der Waals surface area contributed by atoms with Crippen LogP contribution in [0.4, 0.5) is 0 Å². The van der Waals surface area contributed by atoms with E-state index in [0.717, 1.165) is 28.7 Å². The Morgan fingerprint density at radius 2 is 1.71 bits per heavy atom. The van der Waals surface area contributed by atoms with Crippen molar-refractivity contribution in [2.45, 2.75) is 57.8 Å². The molecule has 3 rings (SSSR count). The van der Waals surface area contributed by atoms with Crippen molar-refractivity contribution in [3.05, 3.63) is 42.0 Å². The van der Waals surface area contributed by atoms with Gasteiger partial charge in [0.1, 0.15) is 5.75 Å². The number of hydrogen-bond donors (Lipinski definition) is 1. The number of phenols is 1. The fourth-order valence-electron chi connectivity index (χ4n) is 3.73. The monoisotopic (exact) mass is 282 g/mol. The van der Waals surface area contributed by atoms with Crippen LogP contribution in [0, 0.1) is 5.92 Å². The summed E-state index contributed by atoms with van der Waals surface area (Å²) in [5.41, 5.74) is 1.11. The van der Waals surface area contributed by atoms with Crippen LogP contribution >= 0.6 is 0 Å². The fraction of sp³-hybridized carbons (Fsp3) is 0.500. The molecule has 0 aliphatic heterocycles. The number of aryl methyl sites for hydroxylation is 1. The molecule has 0 atom stereocenters. The summed E-state index contributed by atoms with van der Waals surface area (Å²) in [4.78, 5) is 0. The van der Waals surface area contributed by atoms with E-state index in [1.807, 2.05) is 18.2 Å². The Morgan fingerprint density at radius 3 is 2.57 bits per heavy atom. The minimum Gasteiger partial charge on any atom is -0.507 e. The van der Waals surface area contributed by atoms with Crippen molar-refractivity contribution < 1.29 is 5.11 Å². The van der Waals surface area contributed by atoms with Gasteiger partial charge in [0.2, 0.25) is 0 Å². The predicted molar refractivity (Wildman–Crippen MR) is 89.7 cm³/mol. The highest BCUT2D eigenvalue weighted by atomic mass is 16.3. The van der Waals surface area contributed by atoms with Crippen LogP contribution in [0.2, 0.25) is 0 Å². The first-order valence-corrected chi connectivity index (χ1v) is 8.54. The summed E-state index contributed by atoms with van der Waals surface area (Å²) < 4.78 is 0. The molecule has 1 heteroatoms. The lowest BCUT2D eigenvalue weighted by atomic mass is 9.85. The standard InChI is InChI=1S/C20H26O/c21-20-18(15-14-17-11-6-7-13-19(17)20)12-5-4-10-16-8-2-1-3-9-16/h6-7,11,13-16,21H,1-5,8-10,12H2. The molecule has 0 bridgehead atoms. The van der Waals surface area contributed by atoms with Crippen molar-refractivity contribution in [3.63, 3.8) is 0 Å². The number of unbranched alkanes of at least 4 members (excludes halogenated alkanes) is 1. The first-order chi connectivity index (χ1) is 10.3. The van der Waals surface area contributed by atoms with E-state index in [4.69, 9.17) is 0 Å². The summed E-state index contributed by atoms with van der Waals surface area (Å²) >= 11 is 0. The van der Waals surface area contributed by atoms with E-state index >= 15 is 0 Å². The zero-order valence-electron chi connectivity index (χ0n) is 12.9. The van der Waals surface area contributed by atoms with Crippen molar-refractivity contribution >= 4 is 10.8 Å². The molecule has 1 fully saturated rings. The van der Waals surface area contributed by atoms with Crippen molar-refractivity contribution in [1.82, 2.24) is 0 Å². The van der Waals surface area contributed by atoms with Crippen LogP contribution in [0.15, 0.2) is 36.4 Å². The second-order valence-corrected chi connectivity index (χ2v) is 6.54.